The lowest BCUT2D eigenvalue weighted by molar-refractivity contribution is -0.866. The van der Waals surface area contributed by atoms with Crippen LogP contribution in [0, 0.1) is 5.82 Å². The number of carbonyl (C=O) groups excluding carboxylic acids is 2. The van der Waals surface area contributed by atoms with E-state index in [-0.39, 0.29) is 16.1 Å². The molecule has 2 rings (SSSR count). The van der Waals surface area contributed by atoms with Gasteiger partial charge in [-0.25, -0.2) is 9.29 Å². The first-order valence-electron chi connectivity index (χ1n) is 5.78. The third-order valence-electron chi connectivity index (χ3n) is 2.54. The fourth-order valence-corrected chi connectivity index (χ4v) is 2.52. The van der Waals surface area contributed by atoms with Gasteiger partial charge in [0, 0.05) is 5.56 Å². The third kappa shape index (κ3) is 3.02. The normalized spacial score (nSPS) is 17.9. The van der Waals surface area contributed by atoms with E-state index in [9.17, 15) is 14.0 Å². The van der Waals surface area contributed by atoms with Gasteiger partial charge in [-0.1, -0.05) is 18.2 Å². The van der Waals surface area contributed by atoms with Crippen LogP contribution < -0.4 is 4.90 Å². The fourth-order valence-electron chi connectivity index (χ4n) is 1.69. The van der Waals surface area contributed by atoms with E-state index in [1.54, 1.807) is 18.2 Å². The molecule has 0 aromatic heterocycles. The molecule has 0 aliphatic carbocycles. The Morgan fingerprint density at radius 2 is 2.00 bits per heavy atom. The third-order valence-corrected chi connectivity index (χ3v) is 3.45. The number of amides is 2. The van der Waals surface area contributed by atoms with E-state index >= 15 is 0 Å². The minimum Gasteiger partial charge on any atom is -0.322 e. The Labute approximate surface area is 114 Å². The summed E-state index contributed by atoms with van der Waals surface area (Å²) in [4.78, 5) is 26.2. The van der Waals surface area contributed by atoms with E-state index in [1.807, 2.05) is 14.1 Å². The van der Waals surface area contributed by atoms with Crippen LogP contribution in [0.3, 0.4) is 0 Å². The summed E-state index contributed by atoms with van der Waals surface area (Å²) in [6.45, 7) is 0.305. The Bertz CT molecular complexity index is 557. The van der Waals surface area contributed by atoms with Gasteiger partial charge in [-0.05, 0) is 23.9 Å². The van der Waals surface area contributed by atoms with Crippen molar-refractivity contribution in [1.82, 2.24) is 4.90 Å². The zero-order valence-electron chi connectivity index (χ0n) is 10.6. The molecule has 0 spiro atoms. The van der Waals surface area contributed by atoms with Gasteiger partial charge in [0.25, 0.3) is 11.1 Å². The van der Waals surface area contributed by atoms with E-state index in [0.717, 1.165) is 16.7 Å². The highest BCUT2D eigenvalue weighted by Gasteiger charge is 2.36. The number of benzene rings is 1. The van der Waals surface area contributed by atoms with Crippen LogP contribution in [0.5, 0.6) is 0 Å². The largest absolute Gasteiger partial charge is 0.322 e. The van der Waals surface area contributed by atoms with E-state index in [1.165, 1.54) is 17.0 Å². The molecular weight excluding hydrogens is 267 g/mol. The molecule has 0 radical (unpaired) electrons. The van der Waals surface area contributed by atoms with Crippen molar-refractivity contribution < 1.29 is 18.9 Å². The van der Waals surface area contributed by atoms with Crippen LogP contribution in [0.25, 0.3) is 6.08 Å². The second kappa shape index (κ2) is 5.54. The van der Waals surface area contributed by atoms with Crippen LogP contribution in [0.2, 0.25) is 0 Å². The second-order valence-electron chi connectivity index (χ2n) is 4.50. The number of rotatable bonds is 3. The number of hydrogen-bond donors (Lipinski definition) is 1. The molecule has 19 heavy (non-hydrogen) atoms. The minimum absolute atomic E-state index is 0.261. The van der Waals surface area contributed by atoms with Crippen molar-refractivity contribution in [2.24, 2.45) is 0 Å². The summed E-state index contributed by atoms with van der Waals surface area (Å²) in [5.74, 6) is -0.771. The Kier molecular flexibility index (Phi) is 4.01. The number of halogens is 1. The quantitative estimate of drug-likeness (QED) is 0.839. The van der Waals surface area contributed by atoms with Crippen molar-refractivity contribution in [2.45, 2.75) is 0 Å². The minimum atomic E-state index is -0.410. The number of thioether (sulfide) groups is 1. The molecule has 1 aliphatic heterocycles. The molecular formula is C13H14FN2O2S+. The molecule has 2 amide bonds. The zero-order valence-corrected chi connectivity index (χ0v) is 11.5. The maximum Gasteiger partial charge on any atom is 0.298 e. The number of nitrogens with one attached hydrogen (secondary N) is 1. The van der Waals surface area contributed by atoms with Crippen LogP contribution >= 0.6 is 11.8 Å². The predicted molar refractivity (Wildman–Crippen MR) is 71.9 cm³/mol. The molecule has 0 atom stereocenters. The van der Waals surface area contributed by atoms with Gasteiger partial charge in [0.1, 0.15) is 5.82 Å². The molecule has 6 heteroatoms. The number of hydrogen-bond acceptors (Lipinski definition) is 3. The summed E-state index contributed by atoms with van der Waals surface area (Å²) < 4.78 is 13.5. The number of imide groups is 1. The Balaban J connectivity index is 2.26. The standard InChI is InChI=1S/C13H13FN2O2S/c1-15(2)8-16-12(17)11(19-13(16)18)7-9-5-3-4-6-10(9)14/h3-7H,8H2,1-2H3/p+1/b11-7+. The van der Waals surface area contributed by atoms with Crippen LogP contribution in [-0.2, 0) is 4.79 Å². The van der Waals surface area contributed by atoms with Gasteiger partial charge >= 0.3 is 0 Å². The van der Waals surface area contributed by atoms with Crippen LogP contribution in [0.1, 0.15) is 5.56 Å². The van der Waals surface area contributed by atoms with E-state index < -0.39 is 5.82 Å². The molecule has 1 heterocycles. The Morgan fingerprint density at radius 3 is 2.63 bits per heavy atom. The molecule has 0 unspecified atom stereocenters. The summed E-state index contributed by atoms with van der Waals surface area (Å²) in [6, 6.07) is 6.15. The van der Waals surface area contributed by atoms with Crippen molar-refractivity contribution in [3.05, 3.63) is 40.6 Å². The van der Waals surface area contributed by atoms with Gasteiger partial charge in [-0.2, -0.15) is 0 Å². The fraction of sp³-hybridized carbons (Fsp3) is 0.231. The SMILES string of the molecule is C[NH+](C)CN1C(=O)S/C(=C/c2ccccc2F)C1=O. The molecule has 1 aliphatic rings. The van der Waals surface area contributed by atoms with E-state index in [2.05, 4.69) is 0 Å². The van der Waals surface area contributed by atoms with Gasteiger partial charge in [-0.15, -0.1) is 0 Å². The lowest BCUT2D eigenvalue weighted by Gasteiger charge is -2.14. The van der Waals surface area contributed by atoms with E-state index in [0.29, 0.717) is 12.2 Å². The highest BCUT2D eigenvalue weighted by atomic mass is 32.2. The van der Waals surface area contributed by atoms with Gasteiger partial charge in [0.2, 0.25) is 0 Å². The highest BCUT2D eigenvalue weighted by molar-refractivity contribution is 8.18. The molecule has 100 valence electrons. The van der Waals surface area contributed by atoms with Crippen molar-refractivity contribution in [1.29, 1.82) is 0 Å². The lowest BCUT2D eigenvalue weighted by atomic mass is 10.2. The molecule has 0 saturated carbocycles. The zero-order chi connectivity index (χ0) is 14.0. The Morgan fingerprint density at radius 1 is 1.32 bits per heavy atom. The monoisotopic (exact) mass is 281 g/mol. The summed E-state index contributed by atoms with van der Waals surface area (Å²) >= 11 is 0.846. The molecule has 1 saturated heterocycles. The molecule has 1 aromatic carbocycles. The Hall–Kier alpha value is -1.66. The van der Waals surface area contributed by atoms with Crippen molar-refractivity contribution in [3.63, 3.8) is 0 Å². The van der Waals surface area contributed by atoms with Crippen molar-refractivity contribution >= 4 is 29.0 Å². The average molecular weight is 281 g/mol. The number of quaternary nitrogens is 1. The second-order valence-corrected chi connectivity index (χ2v) is 5.49. The van der Waals surface area contributed by atoms with Gasteiger partial charge < -0.3 is 4.90 Å². The molecule has 4 nitrogen and oxygen atoms in total. The topological polar surface area (TPSA) is 41.8 Å². The predicted octanol–water partition coefficient (Wildman–Crippen LogP) is 0.964. The van der Waals surface area contributed by atoms with Crippen molar-refractivity contribution in [3.8, 4) is 0 Å². The van der Waals surface area contributed by atoms with E-state index in [4.69, 9.17) is 0 Å². The van der Waals surface area contributed by atoms with Gasteiger partial charge in [0.05, 0.1) is 19.0 Å². The summed E-state index contributed by atoms with van der Waals surface area (Å²) in [5.41, 5.74) is 0.310. The molecule has 0 bridgehead atoms. The first kappa shape index (κ1) is 13.8. The van der Waals surface area contributed by atoms with Crippen molar-refractivity contribution in [2.75, 3.05) is 20.8 Å². The summed E-state index contributed by atoms with van der Waals surface area (Å²) in [5, 5.41) is -0.311. The number of nitrogens with zero attached hydrogens (tertiary/aromatic N) is 1. The molecule has 1 aromatic rings. The first-order chi connectivity index (χ1) is 8.99. The summed E-state index contributed by atoms with van der Waals surface area (Å²) in [7, 11) is 3.70. The van der Waals surface area contributed by atoms with Gasteiger partial charge in [-0.3, -0.25) is 9.59 Å². The van der Waals surface area contributed by atoms with Crippen LogP contribution in [-0.4, -0.2) is 36.8 Å². The molecule has 1 fully saturated rings. The maximum absolute atomic E-state index is 13.5. The first-order valence-corrected chi connectivity index (χ1v) is 6.59. The van der Waals surface area contributed by atoms with Crippen LogP contribution in [0.4, 0.5) is 9.18 Å². The molecule has 1 N–H and O–H groups in total. The summed E-state index contributed by atoms with van der Waals surface area (Å²) in [6.07, 6.45) is 1.42. The van der Waals surface area contributed by atoms with Gasteiger partial charge in [0.15, 0.2) is 6.67 Å². The number of carbonyl (C=O) groups is 2. The lowest BCUT2D eigenvalue weighted by Crippen LogP contribution is -3.07. The smallest absolute Gasteiger partial charge is 0.298 e. The maximum atomic E-state index is 13.5. The van der Waals surface area contributed by atoms with Crippen LogP contribution in [0.15, 0.2) is 29.2 Å². The average Bonchev–Trinajstić information content (AvgIpc) is 2.60. The highest BCUT2D eigenvalue weighted by Crippen LogP contribution is 2.31.